The lowest BCUT2D eigenvalue weighted by Crippen LogP contribution is -2.03. The van der Waals surface area contributed by atoms with Crippen LogP contribution in [0.5, 0.6) is 0 Å². The van der Waals surface area contributed by atoms with Gasteiger partial charge in [-0.3, -0.25) is 4.57 Å². The summed E-state index contributed by atoms with van der Waals surface area (Å²) in [5, 5.41) is 0. The van der Waals surface area contributed by atoms with Gasteiger partial charge in [-0.2, -0.15) is 0 Å². The predicted molar refractivity (Wildman–Crippen MR) is 68.2 cm³/mol. The van der Waals surface area contributed by atoms with Gasteiger partial charge in [-0.15, -0.1) is 0 Å². The van der Waals surface area contributed by atoms with Crippen LogP contribution in [0.15, 0.2) is 42.6 Å². The van der Waals surface area contributed by atoms with Gasteiger partial charge in [0.15, 0.2) is 5.65 Å². The molecule has 0 saturated carbocycles. The first-order valence-electron chi connectivity index (χ1n) is 5.88. The molecule has 0 spiro atoms. The molecule has 3 aromatic rings. The molecule has 0 aliphatic carbocycles. The molecule has 4 heteroatoms. The first-order chi connectivity index (χ1) is 8.81. The quantitative estimate of drug-likeness (QED) is 0.690. The maximum Gasteiger partial charge on any atom is 0.164 e. The normalized spacial score (nSPS) is 11.0. The number of aromatic nitrogens is 3. The SMILES string of the molecule is CCc1nc2cccnc2n1-c1ccccc1F. The van der Waals surface area contributed by atoms with Crippen LogP contribution in [0.25, 0.3) is 16.9 Å². The van der Waals surface area contributed by atoms with Crippen LogP contribution in [0.1, 0.15) is 12.7 Å². The van der Waals surface area contributed by atoms with Crippen LogP contribution >= 0.6 is 0 Å². The van der Waals surface area contributed by atoms with Crippen molar-refractivity contribution in [1.82, 2.24) is 14.5 Å². The third-order valence-corrected chi connectivity index (χ3v) is 2.90. The Bertz CT molecular complexity index is 703. The topological polar surface area (TPSA) is 30.7 Å². The Morgan fingerprint density at radius 2 is 2.00 bits per heavy atom. The molecule has 3 rings (SSSR count). The molecule has 0 atom stereocenters. The Balaban J connectivity index is 2.37. The number of pyridine rings is 1. The van der Waals surface area contributed by atoms with Crippen molar-refractivity contribution in [1.29, 1.82) is 0 Å². The van der Waals surface area contributed by atoms with Gasteiger partial charge in [-0.05, 0) is 24.3 Å². The van der Waals surface area contributed by atoms with Gasteiger partial charge in [0, 0.05) is 12.6 Å². The molecule has 0 radical (unpaired) electrons. The number of halogens is 1. The van der Waals surface area contributed by atoms with E-state index in [1.807, 2.05) is 25.1 Å². The van der Waals surface area contributed by atoms with E-state index in [1.165, 1.54) is 6.07 Å². The molecule has 0 aliphatic rings. The van der Waals surface area contributed by atoms with Gasteiger partial charge in [0.25, 0.3) is 0 Å². The molecular weight excluding hydrogens is 229 g/mol. The van der Waals surface area contributed by atoms with E-state index in [2.05, 4.69) is 9.97 Å². The largest absolute Gasteiger partial charge is 0.278 e. The Morgan fingerprint density at radius 1 is 1.17 bits per heavy atom. The number of benzene rings is 1. The molecular formula is C14H12FN3. The molecule has 0 fully saturated rings. The summed E-state index contributed by atoms with van der Waals surface area (Å²) < 4.78 is 15.7. The summed E-state index contributed by atoms with van der Waals surface area (Å²) in [4.78, 5) is 8.78. The lowest BCUT2D eigenvalue weighted by molar-refractivity contribution is 0.616. The van der Waals surface area contributed by atoms with Crippen LogP contribution in [-0.4, -0.2) is 14.5 Å². The van der Waals surface area contributed by atoms with Crippen molar-refractivity contribution in [3.05, 3.63) is 54.2 Å². The highest BCUT2D eigenvalue weighted by Gasteiger charge is 2.14. The van der Waals surface area contributed by atoms with Crippen molar-refractivity contribution < 1.29 is 4.39 Å². The van der Waals surface area contributed by atoms with Gasteiger partial charge in [0.05, 0.1) is 5.69 Å². The second-order valence-corrected chi connectivity index (χ2v) is 4.01. The number of imidazole rings is 1. The van der Waals surface area contributed by atoms with E-state index in [-0.39, 0.29) is 5.82 Å². The second kappa shape index (κ2) is 4.22. The summed E-state index contributed by atoms with van der Waals surface area (Å²) in [5.41, 5.74) is 1.98. The maximum atomic E-state index is 13.9. The highest BCUT2D eigenvalue weighted by Crippen LogP contribution is 2.21. The first kappa shape index (κ1) is 10.9. The van der Waals surface area contributed by atoms with Gasteiger partial charge in [0.2, 0.25) is 0 Å². The number of hydrogen-bond donors (Lipinski definition) is 0. The van der Waals surface area contributed by atoms with Crippen molar-refractivity contribution in [3.63, 3.8) is 0 Å². The van der Waals surface area contributed by atoms with Gasteiger partial charge in [0.1, 0.15) is 17.2 Å². The van der Waals surface area contributed by atoms with Crippen LogP contribution < -0.4 is 0 Å². The fourth-order valence-electron chi connectivity index (χ4n) is 2.08. The summed E-state index contributed by atoms with van der Waals surface area (Å²) in [6.07, 6.45) is 2.42. The van der Waals surface area contributed by atoms with E-state index in [4.69, 9.17) is 0 Å². The molecule has 0 saturated heterocycles. The Hall–Kier alpha value is -2.23. The van der Waals surface area contributed by atoms with Crippen LogP contribution in [0.2, 0.25) is 0 Å². The molecule has 3 nitrogen and oxygen atoms in total. The van der Waals surface area contributed by atoms with Crippen LogP contribution in [0.3, 0.4) is 0 Å². The molecule has 1 aromatic carbocycles. The summed E-state index contributed by atoms with van der Waals surface area (Å²) in [6, 6.07) is 10.4. The summed E-state index contributed by atoms with van der Waals surface area (Å²) in [5.74, 6) is 0.547. The average Bonchev–Trinajstić information content (AvgIpc) is 2.78. The predicted octanol–water partition coefficient (Wildman–Crippen LogP) is 3.12. The van der Waals surface area contributed by atoms with E-state index in [0.29, 0.717) is 11.3 Å². The van der Waals surface area contributed by atoms with Crippen molar-refractivity contribution in [2.45, 2.75) is 13.3 Å². The molecule has 2 heterocycles. The molecule has 0 unspecified atom stereocenters. The van der Waals surface area contributed by atoms with Gasteiger partial charge >= 0.3 is 0 Å². The zero-order chi connectivity index (χ0) is 12.5. The molecule has 18 heavy (non-hydrogen) atoms. The van der Waals surface area contributed by atoms with E-state index < -0.39 is 0 Å². The first-order valence-corrected chi connectivity index (χ1v) is 5.88. The molecule has 90 valence electrons. The van der Waals surface area contributed by atoms with Crippen LogP contribution in [0, 0.1) is 5.82 Å². The number of rotatable bonds is 2. The number of fused-ring (bicyclic) bond motifs is 1. The zero-order valence-electron chi connectivity index (χ0n) is 9.97. The van der Waals surface area contributed by atoms with E-state index >= 15 is 0 Å². The molecule has 0 N–H and O–H groups in total. The zero-order valence-corrected chi connectivity index (χ0v) is 9.97. The Labute approximate surface area is 104 Å². The minimum atomic E-state index is -0.267. The number of hydrogen-bond acceptors (Lipinski definition) is 2. The molecule has 2 aromatic heterocycles. The maximum absolute atomic E-state index is 13.9. The highest BCUT2D eigenvalue weighted by atomic mass is 19.1. The molecule has 0 amide bonds. The second-order valence-electron chi connectivity index (χ2n) is 4.01. The Kier molecular flexibility index (Phi) is 2.55. The van der Waals surface area contributed by atoms with E-state index in [0.717, 1.165) is 17.8 Å². The molecule has 0 aliphatic heterocycles. The number of para-hydroxylation sites is 1. The molecule has 0 bridgehead atoms. The minimum Gasteiger partial charge on any atom is -0.278 e. The third kappa shape index (κ3) is 1.57. The standard InChI is InChI=1S/C14H12FN3/c1-2-13-17-11-7-5-9-16-14(11)18(13)12-8-4-3-6-10(12)15/h3-9H,2H2,1H3. The lowest BCUT2D eigenvalue weighted by Gasteiger charge is -2.08. The summed E-state index contributed by atoms with van der Waals surface area (Å²) in [6.45, 7) is 2.00. The van der Waals surface area contributed by atoms with Gasteiger partial charge in [-0.1, -0.05) is 19.1 Å². The number of nitrogens with zero attached hydrogens (tertiary/aromatic N) is 3. The van der Waals surface area contributed by atoms with Gasteiger partial charge in [-0.25, -0.2) is 14.4 Å². The van der Waals surface area contributed by atoms with Crippen LogP contribution in [-0.2, 0) is 6.42 Å². The number of aryl methyl sites for hydroxylation is 1. The monoisotopic (exact) mass is 241 g/mol. The summed E-state index contributed by atoms with van der Waals surface area (Å²) >= 11 is 0. The van der Waals surface area contributed by atoms with Gasteiger partial charge < -0.3 is 0 Å². The highest BCUT2D eigenvalue weighted by molar-refractivity contribution is 5.73. The summed E-state index contributed by atoms with van der Waals surface area (Å²) in [7, 11) is 0. The van der Waals surface area contributed by atoms with Crippen molar-refractivity contribution in [2.24, 2.45) is 0 Å². The smallest absolute Gasteiger partial charge is 0.164 e. The average molecular weight is 241 g/mol. The third-order valence-electron chi connectivity index (χ3n) is 2.90. The fourth-order valence-corrected chi connectivity index (χ4v) is 2.08. The van der Waals surface area contributed by atoms with E-state index in [1.54, 1.807) is 22.9 Å². The van der Waals surface area contributed by atoms with Crippen molar-refractivity contribution >= 4 is 11.2 Å². The van der Waals surface area contributed by atoms with Crippen LogP contribution in [0.4, 0.5) is 4.39 Å². The van der Waals surface area contributed by atoms with Crippen molar-refractivity contribution in [3.8, 4) is 5.69 Å². The Morgan fingerprint density at radius 3 is 2.78 bits per heavy atom. The minimum absolute atomic E-state index is 0.267. The van der Waals surface area contributed by atoms with E-state index in [9.17, 15) is 4.39 Å². The lowest BCUT2D eigenvalue weighted by atomic mass is 10.3. The fraction of sp³-hybridized carbons (Fsp3) is 0.143. The van der Waals surface area contributed by atoms with Crippen molar-refractivity contribution in [2.75, 3.05) is 0 Å².